The Labute approximate surface area is 181 Å². The molecule has 31 heavy (non-hydrogen) atoms. The Morgan fingerprint density at radius 3 is 2.23 bits per heavy atom. The van der Waals surface area contributed by atoms with Crippen LogP contribution in [0.4, 0.5) is 0 Å². The zero-order chi connectivity index (χ0) is 22.4. The summed E-state index contributed by atoms with van der Waals surface area (Å²) in [5, 5.41) is 9.37. The van der Waals surface area contributed by atoms with Gasteiger partial charge < -0.3 is 29.1 Å². The molecular formula is C23H28N2O6. The first-order valence-electron chi connectivity index (χ1n) is 10.2. The Balaban J connectivity index is 1.61. The van der Waals surface area contributed by atoms with E-state index >= 15 is 0 Å². The summed E-state index contributed by atoms with van der Waals surface area (Å²) in [6.07, 6.45) is 0.00843. The predicted molar refractivity (Wildman–Crippen MR) is 115 cm³/mol. The Morgan fingerprint density at radius 2 is 1.55 bits per heavy atom. The number of rotatable bonds is 6. The highest BCUT2D eigenvalue weighted by molar-refractivity contribution is 5.95. The van der Waals surface area contributed by atoms with Crippen LogP contribution in [-0.2, 0) is 4.79 Å². The van der Waals surface area contributed by atoms with Crippen LogP contribution in [0.3, 0.4) is 0 Å². The van der Waals surface area contributed by atoms with E-state index in [0.717, 1.165) is 0 Å². The average molecular weight is 428 g/mol. The molecule has 1 atom stereocenters. The minimum Gasteiger partial charge on any atom is -0.508 e. The third-order valence-corrected chi connectivity index (χ3v) is 5.22. The minimum atomic E-state index is -0.669. The van der Waals surface area contributed by atoms with E-state index in [2.05, 4.69) is 0 Å². The highest BCUT2D eigenvalue weighted by Gasteiger charge is 2.27. The molecule has 1 N–H and O–H groups in total. The van der Waals surface area contributed by atoms with Crippen LogP contribution in [0, 0.1) is 0 Å². The van der Waals surface area contributed by atoms with E-state index in [1.165, 1.54) is 19.2 Å². The van der Waals surface area contributed by atoms with Gasteiger partial charge in [0.2, 0.25) is 0 Å². The second-order valence-corrected chi connectivity index (χ2v) is 7.29. The second-order valence-electron chi connectivity index (χ2n) is 7.29. The van der Waals surface area contributed by atoms with Crippen LogP contribution in [-0.4, -0.2) is 73.2 Å². The molecule has 1 aliphatic rings. The zero-order valence-corrected chi connectivity index (χ0v) is 18.0. The van der Waals surface area contributed by atoms with Crippen molar-refractivity contribution in [3.8, 4) is 23.0 Å². The van der Waals surface area contributed by atoms with E-state index < -0.39 is 6.10 Å². The van der Waals surface area contributed by atoms with E-state index in [1.807, 2.05) is 0 Å². The van der Waals surface area contributed by atoms with Crippen LogP contribution < -0.4 is 14.2 Å². The molecule has 8 heteroatoms. The first kappa shape index (κ1) is 22.3. The van der Waals surface area contributed by atoms with E-state index in [0.29, 0.717) is 55.4 Å². The second kappa shape index (κ2) is 10.1. The number of carbonyl (C=O) groups excluding carboxylic acids is 2. The smallest absolute Gasteiger partial charge is 0.263 e. The number of hydrogen-bond donors (Lipinski definition) is 1. The fraction of sp³-hybridized carbons (Fsp3) is 0.391. The van der Waals surface area contributed by atoms with Gasteiger partial charge in [-0.15, -0.1) is 0 Å². The van der Waals surface area contributed by atoms with Gasteiger partial charge in [0, 0.05) is 31.7 Å². The van der Waals surface area contributed by atoms with Gasteiger partial charge in [-0.1, -0.05) is 0 Å². The summed E-state index contributed by atoms with van der Waals surface area (Å²) in [5.74, 6) is 1.48. The highest BCUT2D eigenvalue weighted by Crippen LogP contribution is 2.28. The summed E-state index contributed by atoms with van der Waals surface area (Å²) in [7, 11) is 3.08. The van der Waals surface area contributed by atoms with Gasteiger partial charge in [-0.25, -0.2) is 0 Å². The normalized spacial score (nSPS) is 15.1. The van der Waals surface area contributed by atoms with Crippen LogP contribution >= 0.6 is 0 Å². The maximum atomic E-state index is 13.0. The summed E-state index contributed by atoms with van der Waals surface area (Å²) >= 11 is 0. The molecule has 1 heterocycles. The van der Waals surface area contributed by atoms with E-state index in [1.54, 1.807) is 54.2 Å². The van der Waals surface area contributed by atoms with Crippen molar-refractivity contribution < 1.29 is 28.9 Å². The summed E-state index contributed by atoms with van der Waals surface area (Å²) in [5.41, 5.74) is 0.515. The van der Waals surface area contributed by atoms with Crippen molar-refractivity contribution in [2.45, 2.75) is 19.4 Å². The Morgan fingerprint density at radius 1 is 0.903 bits per heavy atom. The number of carbonyl (C=O) groups is 2. The van der Waals surface area contributed by atoms with Crippen molar-refractivity contribution in [1.29, 1.82) is 0 Å². The number of ether oxygens (including phenoxy) is 3. The van der Waals surface area contributed by atoms with E-state index in [-0.39, 0.29) is 17.6 Å². The van der Waals surface area contributed by atoms with Crippen molar-refractivity contribution in [3.05, 3.63) is 48.0 Å². The fourth-order valence-corrected chi connectivity index (χ4v) is 3.53. The summed E-state index contributed by atoms with van der Waals surface area (Å²) < 4.78 is 16.2. The number of hydrogen-bond acceptors (Lipinski definition) is 6. The van der Waals surface area contributed by atoms with Gasteiger partial charge in [0.15, 0.2) is 17.6 Å². The van der Waals surface area contributed by atoms with Crippen LogP contribution in [0.2, 0.25) is 0 Å². The molecule has 0 bridgehead atoms. The van der Waals surface area contributed by atoms with Gasteiger partial charge in [0.05, 0.1) is 14.2 Å². The SMILES string of the molecule is COc1ccc(C(=O)N2CCCN(C(=O)C(C)Oc3ccc(O)cc3)CC2)cc1OC. The van der Waals surface area contributed by atoms with E-state index in [4.69, 9.17) is 14.2 Å². The van der Waals surface area contributed by atoms with Gasteiger partial charge in [-0.2, -0.15) is 0 Å². The largest absolute Gasteiger partial charge is 0.508 e. The number of methoxy groups -OCH3 is 2. The third-order valence-electron chi connectivity index (χ3n) is 5.22. The number of phenols is 1. The van der Waals surface area contributed by atoms with Crippen molar-refractivity contribution in [2.75, 3.05) is 40.4 Å². The molecule has 1 saturated heterocycles. The molecule has 2 aromatic carbocycles. The third kappa shape index (κ3) is 5.39. The number of benzene rings is 2. The van der Waals surface area contributed by atoms with Gasteiger partial charge in [-0.3, -0.25) is 9.59 Å². The molecule has 0 aromatic heterocycles. The van der Waals surface area contributed by atoms with Crippen LogP contribution in [0.5, 0.6) is 23.0 Å². The topological polar surface area (TPSA) is 88.5 Å². The molecule has 2 aromatic rings. The Kier molecular flexibility index (Phi) is 7.23. The number of nitrogens with zero attached hydrogens (tertiary/aromatic N) is 2. The minimum absolute atomic E-state index is 0.108. The van der Waals surface area contributed by atoms with Crippen molar-refractivity contribution in [3.63, 3.8) is 0 Å². The lowest BCUT2D eigenvalue weighted by Gasteiger charge is -2.25. The lowest BCUT2D eigenvalue weighted by Crippen LogP contribution is -2.43. The zero-order valence-electron chi connectivity index (χ0n) is 18.0. The van der Waals surface area contributed by atoms with Gasteiger partial charge in [0.25, 0.3) is 11.8 Å². The van der Waals surface area contributed by atoms with Gasteiger partial charge in [-0.05, 0) is 55.8 Å². The molecule has 1 fully saturated rings. The molecule has 8 nitrogen and oxygen atoms in total. The fourth-order valence-electron chi connectivity index (χ4n) is 3.53. The molecule has 2 amide bonds. The molecular weight excluding hydrogens is 400 g/mol. The molecule has 0 spiro atoms. The summed E-state index contributed by atoms with van der Waals surface area (Å²) in [4.78, 5) is 29.3. The van der Waals surface area contributed by atoms with Crippen LogP contribution in [0.15, 0.2) is 42.5 Å². The molecule has 166 valence electrons. The van der Waals surface area contributed by atoms with Crippen LogP contribution in [0.25, 0.3) is 0 Å². The van der Waals surface area contributed by atoms with Gasteiger partial charge >= 0.3 is 0 Å². The summed E-state index contributed by atoms with van der Waals surface area (Å²) in [6.45, 7) is 3.68. The first-order valence-corrected chi connectivity index (χ1v) is 10.2. The Bertz CT molecular complexity index is 915. The standard InChI is InChI=1S/C23H28N2O6/c1-16(31-19-8-6-18(26)7-9-19)22(27)24-11-4-12-25(14-13-24)23(28)17-5-10-20(29-2)21(15-17)30-3/h5-10,15-16,26H,4,11-14H2,1-3H3. The Hall–Kier alpha value is -3.42. The van der Waals surface area contributed by atoms with Crippen molar-refractivity contribution in [1.82, 2.24) is 9.80 Å². The molecule has 1 unspecified atom stereocenters. The number of phenolic OH excluding ortho intramolecular Hbond substituents is 1. The molecule has 1 aliphatic heterocycles. The number of amides is 2. The highest BCUT2D eigenvalue weighted by atomic mass is 16.5. The lowest BCUT2D eigenvalue weighted by molar-refractivity contribution is -0.137. The van der Waals surface area contributed by atoms with Crippen molar-refractivity contribution in [2.24, 2.45) is 0 Å². The maximum absolute atomic E-state index is 13.0. The number of aromatic hydroxyl groups is 1. The van der Waals surface area contributed by atoms with Crippen LogP contribution in [0.1, 0.15) is 23.7 Å². The quantitative estimate of drug-likeness (QED) is 0.761. The lowest BCUT2D eigenvalue weighted by atomic mass is 10.1. The molecule has 0 saturated carbocycles. The predicted octanol–water partition coefficient (Wildman–Crippen LogP) is 2.55. The molecule has 0 aliphatic carbocycles. The monoisotopic (exact) mass is 428 g/mol. The first-order chi connectivity index (χ1) is 14.9. The van der Waals surface area contributed by atoms with Crippen molar-refractivity contribution >= 4 is 11.8 Å². The average Bonchev–Trinajstić information content (AvgIpc) is 3.05. The maximum Gasteiger partial charge on any atom is 0.263 e. The molecule has 3 rings (SSSR count). The molecule has 0 radical (unpaired) electrons. The van der Waals surface area contributed by atoms with Gasteiger partial charge in [0.1, 0.15) is 11.5 Å². The summed E-state index contributed by atoms with van der Waals surface area (Å²) in [6, 6.07) is 11.3. The van der Waals surface area contributed by atoms with E-state index in [9.17, 15) is 14.7 Å².